The van der Waals surface area contributed by atoms with E-state index in [0.29, 0.717) is 12.1 Å². The number of rotatable bonds is 4. The topological polar surface area (TPSA) is 40.5 Å². The number of hydrogen-bond acceptors (Lipinski definition) is 2. The molecule has 3 nitrogen and oxygen atoms in total. The Bertz CT molecular complexity index is 426. The molecule has 18 heavy (non-hydrogen) atoms. The molecule has 0 radical (unpaired) electrons. The smallest absolute Gasteiger partial charge is 0.259 e. The minimum absolute atomic E-state index is 0.146. The molecule has 1 N–H and O–H groups in total. The van der Waals surface area contributed by atoms with Gasteiger partial charge < -0.3 is 10.0 Å². The third kappa shape index (κ3) is 3.46. The number of aliphatic hydroxyl groups is 1. The number of amides is 1. The molecule has 0 saturated heterocycles. The van der Waals surface area contributed by atoms with E-state index in [1.807, 2.05) is 0 Å². The van der Waals surface area contributed by atoms with Gasteiger partial charge in [0, 0.05) is 25.7 Å². The summed E-state index contributed by atoms with van der Waals surface area (Å²) in [6.45, 7) is 1.68. The van der Waals surface area contributed by atoms with Crippen molar-refractivity contribution in [1.29, 1.82) is 0 Å². The van der Waals surface area contributed by atoms with E-state index in [1.165, 1.54) is 14.0 Å². The van der Waals surface area contributed by atoms with Crippen LogP contribution in [-0.2, 0) is 0 Å². The van der Waals surface area contributed by atoms with Gasteiger partial charge in [0.25, 0.3) is 5.91 Å². The quantitative estimate of drug-likeness (QED) is 0.900. The zero-order valence-corrected chi connectivity index (χ0v) is 10.1. The second-order valence-corrected chi connectivity index (χ2v) is 4.11. The molecule has 1 aromatic rings. The van der Waals surface area contributed by atoms with Gasteiger partial charge in [-0.2, -0.15) is 0 Å². The molecule has 0 bridgehead atoms. The third-order valence-corrected chi connectivity index (χ3v) is 2.45. The molecular formula is C12H14F3NO2. The highest BCUT2D eigenvalue weighted by atomic mass is 19.1. The highest BCUT2D eigenvalue weighted by Gasteiger charge is 2.22. The second-order valence-electron chi connectivity index (χ2n) is 4.11. The van der Waals surface area contributed by atoms with Crippen LogP contribution in [0.4, 0.5) is 13.2 Å². The average molecular weight is 261 g/mol. The van der Waals surface area contributed by atoms with Crippen molar-refractivity contribution in [3.05, 3.63) is 35.1 Å². The molecule has 0 aliphatic carbocycles. The first-order valence-electron chi connectivity index (χ1n) is 5.41. The molecule has 1 amide bonds. The molecule has 0 aliphatic heterocycles. The Labute approximate surface area is 103 Å². The number of halogens is 3. The Balaban J connectivity index is 2.90. The fourth-order valence-electron chi connectivity index (χ4n) is 1.42. The first kappa shape index (κ1) is 14.5. The number of carbonyl (C=O) groups excluding carboxylic acids is 1. The van der Waals surface area contributed by atoms with Crippen LogP contribution in [0.1, 0.15) is 23.7 Å². The van der Waals surface area contributed by atoms with Gasteiger partial charge in [-0.25, -0.2) is 13.2 Å². The van der Waals surface area contributed by atoms with Crippen molar-refractivity contribution in [1.82, 2.24) is 4.90 Å². The molecule has 100 valence electrons. The molecule has 0 saturated carbocycles. The van der Waals surface area contributed by atoms with Gasteiger partial charge >= 0.3 is 0 Å². The fraction of sp³-hybridized carbons (Fsp3) is 0.417. The van der Waals surface area contributed by atoms with Gasteiger partial charge in [-0.1, -0.05) is 0 Å². The van der Waals surface area contributed by atoms with Gasteiger partial charge in [0.05, 0.1) is 6.10 Å². The lowest BCUT2D eigenvalue weighted by atomic mass is 10.1. The molecule has 0 heterocycles. The lowest BCUT2D eigenvalue weighted by Crippen LogP contribution is -2.31. The lowest BCUT2D eigenvalue weighted by molar-refractivity contribution is 0.0759. The monoisotopic (exact) mass is 261 g/mol. The Morgan fingerprint density at radius 1 is 1.33 bits per heavy atom. The molecule has 0 aromatic heterocycles. The first-order chi connectivity index (χ1) is 8.32. The predicted octanol–water partition coefficient (Wildman–Crippen LogP) is 1.95. The number of hydrogen-bond donors (Lipinski definition) is 1. The second kappa shape index (κ2) is 5.86. The zero-order chi connectivity index (χ0) is 13.9. The predicted molar refractivity (Wildman–Crippen MR) is 59.6 cm³/mol. The van der Waals surface area contributed by atoms with Gasteiger partial charge in [-0.05, 0) is 13.3 Å². The minimum atomic E-state index is -1.23. The Hall–Kier alpha value is -1.56. The van der Waals surface area contributed by atoms with E-state index >= 15 is 0 Å². The van der Waals surface area contributed by atoms with Crippen LogP contribution >= 0.6 is 0 Å². The minimum Gasteiger partial charge on any atom is -0.393 e. The van der Waals surface area contributed by atoms with Crippen LogP contribution in [0, 0.1) is 17.5 Å². The van der Waals surface area contributed by atoms with Gasteiger partial charge in [-0.3, -0.25) is 4.79 Å². The highest BCUT2D eigenvalue weighted by Crippen LogP contribution is 2.16. The van der Waals surface area contributed by atoms with Crippen molar-refractivity contribution in [3.8, 4) is 0 Å². The maximum absolute atomic E-state index is 13.3. The van der Waals surface area contributed by atoms with Crippen LogP contribution in [-0.4, -0.2) is 35.6 Å². The zero-order valence-electron chi connectivity index (χ0n) is 10.1. The van der Waals surface area contributed by atoms with Crippen LogP contribution < -0.4 is 0 Å². The molecule has 0 spiro atoms. The highest BCUT2D eigenvalue weighted by molar-refractivity contribution is 5.94. The molecule has 1 aromatic carbocycles. The SMILES string of the molecule is CC(O)CCN(C)C(=O)c1c(F)cc(F)cc1F. The van der Waals surface area contributed by atoms with E-state index in [2.05, 4.69) is 0 Å². The van der Waals surface area contributed by atoms with E-state index in [-0.39, 0.29) is 13.0 Å². The third-order valence-electron chi connectivity index (χ3n) is 2.45. The van der Waals surface area contributed by atoms with Crippen LogP contribution in [0.5, 0.6) is 0 Å². The van der Waals surface area contributed by atoms with Crippen molar-refractivity contribution in [2.45, 2.75) is 19.4 Å². The fourth-order valence-corrected chi connectivity index (χ4v) is 1.42. The summed E-state index contributed by atoms with van der Waals surface area (Å²) < 4.78 is 39.4. The van der Waals surface area contributed by atoms with E-state index in [9.17, 15) is 18.0 Å². The molecular weight excluding hydrogens is 247 g/mol. The van der Waals surface area contributed by atoms with Gasteiger partial charge in [0.2, 0.25) is 0 Å². The van der Waals surface area contributed by atoms with Gasteiger partial charge in [0.15, 0.2) is 0 Å². The molecule has 0 aliphatic rings. The van der Waals surface area contributed by atoms with E-state index in [4.69, 9.17) is 5.11 Å². The average Bonchev–Trinajstić information content (AvgIpc) is 2.24. The van der Waals surface area contributed by atoms with E-state index < -0.39 is 35.0 Å². The molecule has 1 unspecified atom stereocenters. The summed E-state index contributed by atoms with van der Waals surface area (Å²) in [6, 6.07) is 0.914. The van der Waals surface area contributed by atoms with Gasteiger partial charge in [0.1, 0.15) is 23.0 Å². The summed E-state index contributed by atoms with van der Waals surface area (Å²) in [6.07, 6.45) is -0.338. The van der Waals surface area contributed by atoms with Crippen molar-refractivity contribution < 1.29 is 23.1 Å². The van der Waals surface area contributed by atoms with Crippen LogP contribution in [0.25, 0.3) is 0 Å². The Morgan fingerprint density at radius 2 is 1.83 bits per heavy atom. The lowest BCUT2D eigenvalue weighted by Gasteiger charge is -2.18. The van der Waals surface area contributed by atoms with Crippen LogP contribution in [0.2, 0.25) is 0 Å². The molecule has 1 rings (SSSR count). The van der Waals surface area contributed by atoms with Crippen molar-refractivity contribution in [3.63, 3.8) is 0 Å². The maximum Gasteiger partial charge on any atom is 0.259 e. The van der Waals surface area contributed by atoms with Crippen molar-refractivity contribution >= 4 is 5.91 Å². The number of carbonyl (C=O) groups is 1. The summed E-state index contributed by atoms with van der Waals surface area (Å²) in [5, 5.41) is 9.06. The Morgan fingerprint density at radius 3 is 2.28 bits per heavy atom. The van der Waals surface area contributed by atoms with Crippen molar-refractivity contribution in [2.75, 3.05) is 13.6 Å². The molecule has 1 atom stereocenters. The summed E-state index contributed by atoms with van der Waals surface area (Å²) in [5.74, 6) is -4.43. The van der Waals surface area contributed by atoms with Crippen LogP contribution in [0.15, 0.2) is 12.1 Å². The van der Waals surface area contributed by atoms with Crippen LogP contribution in [0.3, 0.4) is 0 Å². The summed E-state index contributed by atoms with van der Waals surface area (Å²) in [5.41, 5.74) is -0.788. The van der Waals surface area contributed by atoms with Crippen molar-refractivity contribution in [2.24, 2.45) is 0 Å². The standard InChI is InChI=1S/C12H14F3NO2/c1-7(17)3-4-16(2)12(18)11-9(14)5-8(13)6-10(11)15/h5-7,17H,3-4H2,1-2H3. The Kier molecular flexibility index (Phi) is 4.72. The normalized spacial score (nSPS) is 12.3. The number of aliphatic hydroxyl groups excluding tert-OH is 1. The van der Waals surface area contributed by atoms with Gasteiger partial charge in [-0.15, -0.1) is 0 Å². The molecule has 6 heteroatoms. The number of benzene rings is 1. The maximum atomic E-state index is 13.3. The molecule has 0 fully saturated rings. The first-order valence-corrected chi connectivity index (χ1v) is 5.41. The number of nitrogens with zero attached hydrogens (tertiary/aromatic N) is 1. The van der Waals surface area contributed by atoms with E-state index in [1.54, 1.807) is 0 Å². The summed E-state index contributed by atoms with van der Waals surface area (Å²) in [4.78, 5) is 12.8. The largest absolute Gasteiger partial charge is 0.393 e. The summed E-state index contributed by atoms with van der Waals surface area (Å²) >= 11 is 0. The summed E-state index contributed by atoms with van der Waals surface area (Å²) in [7, 11) is 1.35. The van der Waals surface area contributed by atoms with E-state index in [0.717, 1.165) is 4.90 Å².